The zero-order chi connectivity index (χ0) is 16.7. The van der Waals surface area contributed by atoms with E-state index in [0.29, 0.717) is 20.9 Å². The number of ketones is 1. The van der Waals surface area contributed by atoms with Crippen LogP contribution in [0.4, 0.5) is 0 Å². The number of aromatic amines is 1. The Morgan fingerprint density at radius 1 is 1.13 bits per heavy atom. The third-order valence-electron chi connectivity index (χ3n) is 3.06. The van der Waals surface area contributed by atoms with Crippen molar-refractivity contribution in [2.75, 3.05) is 0 Å². The lowest BCUT2D eigenvalue weighted by Gasteiger charge is -2.05. The predicted molar refractivity (Wildman–Crippen MR) is 95.5 cm³/mol. The van der Waals surface area contributed by atoms with Crippen LogP contribution in [0.15, 0.2) is 67.0 Å². The molecule has 116 valence electrons. The number of hydrogen-bond acceptors (Lipinski definition) is 3. The number of benzene rings is 2. The van der Waals surface area contributed by atoms with E-state index in [0.717, 1.165) is 5.56 Å². The summed E-state index contributed by atoms with van der Waals surface area (Å²) < 4.78 is 0.530. The number of aromatic nitrogens is 2. The molecule has 0 aliphatic rings. The van der Waals surface area contributed by atoms with Crippen LogP contribution in [0.2, 0.25) is 5.02 Å². The van der Waals surface area contributed by atoms with Crippen LogP contribution in [-0.2, 0) is 0 Å². The number of halogens is 1. The highest BCUT2D eigenvalue weighted by atomic mass is 35.5. The van der Waals surface area contributed by atoms with Crippen molar-refractivity contribution in [1.82, 2.24) is 9.97 Å². The van der Waals surface area contributed by atoms with E-state index in [1.54, 1.807) is 30.6 Å². The number of carbonyl (C=O) groups excluding carboxylic acids is 1. The van der Waals surface area contributed by atoms with Gasteiger partial charge < -0.3 is 4.98 Å². The molecule has 0 bridgehead atoms. The van der Waals surface area contributed by atoms with E-state index in [4.69, 9.17) is 11.6 Å². The average molecular weight is 343 g/mol. The maximum absolute atomic E-state index is 12.2. The topological polar surface area (TPSA) is 45.8 Å². The highest BCUT2D eigenvalue weighted by molar-refractivity contribution is 7.71. The minimum absolute atomic E-state index is 0.0144. The first kappa shape index (κ1) is 17.1. The fraction of sp³-hybridized carbons (Fsp3) is 0.0556. The van der Waals surface area contributed by atoms with Crippen molar-refractivity contribution in [3.63, 3.8) is 0 Å². The van der Waals surface area contributed by atoms with Crippen molar-refractivity contribution in [3.05, 3.63) is 93.5 Å². The maximum Gasteiger partial charge on any atom is 0.196 e. The van der Waals surface area contributed by atoms with Gasteiger partial charge in [0.15, 0.2) is 10.6 Å². The molecule has 0 spiro atoms. The molecule has 1 heterocycles. The van der Waals surface area contributed by atoms with E-state index >= 15 is 0 Å². The summed E-state index contributed by atoms with van der Waals surface area (Å²) in [6, 6.07) is 16.4. The van der Waals surface area contributed by atoms with E-state index in [9.17, 15) is 4.79 Å². The van der Waals surface area contributed by atoms with Crippen LogP contribution in [0, 0.1) is 11.7 Å². The summed E-state index contributed by atoms with van der Waals surface area (Å²) in [6.07, 6.45) is 3.40. The molecule has 1 aromatic heterocycles. The molecule has 0 amide bonds. The first-order chi connectivity index (χ1) is 11.1. The van der Waals surface area contributed by atoms with Crippen LogP contribution in [0.25, 0.3) is 0 Å². The summed E-state index contributed by atoms with van der Waals surface area (Å²) in [5, 5.41) is 0.588. The number of nitrogens with zero attached hydrogens (tertiary/aromatic N) is 1. The SMILES string of the molecule is Cc1ccc(Cl)cc1C(=O)c1ccccc1.S=c1nccc[nH]1. The van der Waals surface area contributed by atoms with Crippen molar-refractivity contribution >= 4 is 29.6 Å². The summed E-state index contributed by atoms with van der Waals surface area (Å²) in [6.45, 7) is 1.91. The Kier molecular flexibility index (Phi) is 6.20. The molecule has 3 nitrogen and oxygen atoms in total. The van der Waals surface area contributed by atoms with Crippen LogP contribution in [0.3, 0.4) is 0 Å². The number of H-pyrrole nitrogens is 1. The van der Waals surface area contributed by atoms with Gasteiger partial charge in [0.1, 0.15) is 0 Å². The van der Waals surface area contributed by atoms with E-state index < -0.39 is 0 Å². The average Bonchev–Trinajstić information content (AvgIpc) is 2.58. The molecular weight excluding hydrogens is 328 g/mol. The summed E-state index contributed by atoms with van der Waals surface area (Å²) in [5.74, 6) is 0.0144. The van der Waals surface area contributed by atoms with Gasteiger partial charge in [-0.2, -0.15) is 0 Å². The third kappa shape index (κ3) is 5.13. The van der Waals surface area contributed by atoms with E-state index in [1.165, 1.54) is 0 Å². The monoisotopic (exact) mass is 342 g/mol. The molecule has 0 saturated carbocycles. The molecule has 0 fully saturated rings. The second-order valence-corrected chi connectivity index (χ2v) is 5.56. The standard InChI is InChI=1S/C14H11ClO.C4H4N2S/c1-10-7-8-12(15)9-13(10)14(16)11-5-3-2-4-6-11;7-4-5-2-1-3-6-4/h2-9H,1H3;1-3H,(H,5,6,7). The molecule has 0 aliphatic carbocycles. The zero-order valence-electron chi connectivity index (χ0n) is 12.5. The molecule has 2 aromatic carbocycles. The molecule has 23 heavy (non-hydrogen) atoms. The van der Waals surface area contributed by atoms with Gasteiger partial charge in [-0.15, -0.1) is 0 Å². The second-order valence-electron chi connectivity index (χ2n) is 4.74. The van der Waals surface area contributed by atoms with Crippen LogP contribution in [0.5, 0.6) is 0 Å². The molecule has 0 unspecified atom stereocenters. The lowest BCUT2D eigenvalue weighted by atomic mass is 9.99. The van der Waals surface area contributed by atoms with Crippen LogP contribution in [0.1, 0.15) is 21.5 Å². The van der Waals surface area contributed by atoms with Gasteiger partial charge in [0.05, 0.1) is 0 Å². The Balaban J connectivity index is 0.000000229. The third-order valence-corrected chi connectivity index (χ3v) is 3.52. The Bertz CT molecular complexity index is 829. The molecule has 0 aliphatic heterocycles. The minimum Gasteiger partial charge on any atom is -0.337 e. The summed E-state index contributed by atoms with van der Waals surface area (Å²) in [4.78, 5) is 18.6. The van der Waals surface area contributed by atoms with Gasteiger partial charge in [0, 0.05) is 28.5 Å². The predicted octanol–water partition coefficient (Wildman–Crippen LogP) is 5.02. The number of carbonyl (C=O) groups is 1. The number of aryl methyl sites for hydroxylation is 1. The van der Waals surface area contributed by atoms with Crippen molar-refractivity contribution in [1.29, 1.82) is 0 Å². The molecule has 0 radical (unpaired) electrons. The van der Waals surface area contributed by atoms with Crippen molar-refractivity contribution < 1.29 is 4.79 Å². The summed E-state index contributed by atoms with van der Waals surface area (Å²) in [5.41, 5.74) is 2.30. The smallest absolute Gasteiger partial charge is 0.196 e. The Morgan fingerprint density at radius 3 is 2.43 bits per heavy atom. The van der Waals surface area contributed by atoms with Crippen molar-refractivity contribution in [2.45, 2.75) is 6.92 Å². The normalized spacial score (nSPS) is 9.65. The lowest BCUT2D eigenvalue weighted by Crippen LogP contribution is -2.03. The molecule has 5 heteroatoms. The first-order valence-corrected chi connectivity index (χ1v) is 7.72. The van der Waals surface area contributed by atoms with Gasteiger partial charge in [-0.25, -0.2) is 4.98 Å². The van der Waals surface area contributed by atoms with Crippen molar-refractivity contribution in [2.24, 2.45) is 0 Å². The zero-order valence-corrected chi connectivity index (χ0v) is 14.1. The Labute approximate surface area is 145 Å². The molecule has 3 rings (SSSR count). The Morgan fingerprint density at radius 2 is 1.87 bits per heavy atom. The fourth-order valence-electron chi connectivity index (χ4n) is 1.89. The fourth-order valence-corrected chi connectivity index (χ4v) is 2.20. The van der Waals surface area contributed by atoms with Gasteiger partial charge in [-0.05, 0) is 42.9 Å². The summed E-state index contributed by atoms with van der Waals surface area (Å²) >= 11 is 10.5. The minimum atomic E-state index is 0.0144. The van der Waals surface area contributed by atoms with Gasteiger partial charge in [0.25, 0.3) is 0 Å². The van der Waals surface area contributed by atoms with E-state index in [-0.39, 0.29) is 5.78 Å². The first-order valence-electron chi connectivity index (χ1n) is 6.93. The number of nitrogens with one attached hydrogen (secondary N) is 1. The second kappa shape index (κ2) is 8.36. The molecule has 1 N–H and O–H groups in total. The Hall–Kier alpha value is -2.30. The highest BCUT2D eigenvalue weighted by Gasteiger charge is 2.11. The number of rotatable bonds is 2. The summed E-state index contributed by atoms with van der Waals surface area (Å²) in [7, 11) is 0. The molecule has 0 saturated heterocycles. The van der Waals surface area contributed by atoms with Crippen LogP contribution >= 0.6 is 23.8 Å². The number of hydrogen-bond donors (Lipinski definition) is 1. The molecule has 3 aromatic rings. The quantitative estimate of drug-likeness (QED) is 0.525. The van der Waals surface area contributed by atoms with Crippen molar-refractivity contribution in [3.8, 4) is 0 Å². The van der Waals surface area contributed by atoms with E-state index in [1.807, 2.05) is 43.3 Å². The largest absolute Gasteiger partial charge is 0.337 e. The van der Waals surface area contributed by atoms with Gasteiger partial charge in [0.2, 0.25) is 0 Å². The van der Waals surface area contributed by atoms with Gasteiger partial charge in [-0.3, -0.25) is 4.79 Å². The van der Waals surface area contributed by atoms with Gasteiger partial charge in [-0.1, -0.05) is 48.0 Å². The lowest BCUT2D eigenvalue weighted by molar-refractivity contribution is 0.103. The van der Waals surface area contributed by atoms with E-state index in [2.05, 4.69) is 22.2 Å². The highest BCUT2D eigenvalue weighted by Crippen LogP contribution is 2.18. The molecular formula is C18H15ClN2OS. The molecule has 0 atom stereocenters. The van der Waals surface area contributed by atoms with Crippen LogP contribution < -0.4 is 0 Å². The maximum atomic E-state index is 12.2. The van der Waals surface area contributed by atoms with Crippen LogP contribution in [-0.4, -0.2) is 15.8 Å². The van der Waals surface area contributed by atoms with Gasteiger partial charge >= 0.3 is 0 Å².